The zero-order chi connectivity index (χ0) is 12.6. The van der Waals surface area contributed by atoms with E-state index in [9.17, 15) is 0 Å². The van der Waals surface area contributed by atoms with Crippen molar-refractivity contribution in [3.63, 3.8) is 0 Å². The maximum absolute atomic E-state index is 5.76. The van der Waals surface area contributed by atoms with Crippen LogP contribution < -0.4 is 5.32 Å². The second-order valence-corrected chi connectivity index (χ2v) is 5.59. The first kappa shape index (κ1) is 11.9. The maximum atomic E-state index is 5.76. The lowest BCUT2D eigenvalue weighted by molar-refractivity contribution is -0.0158. The predicted octanol–water partition coefficient (Wildman–Crippen LogP) is 3.15. The highest BCUT2D eigenvalue weighted by molar-refractivity contribution is 7.16. The number of rotatable bonds is 3. The number of methoxy groups -OCH3 is 1. The van der Waals surface area contributed by atoms with E-state index >= 15 is 0 Å². The summed E-state index contributed by atoms with van der Waals surface area (Å²) in [6, 6.07) is 2.06. The predicted molar refractivity (Wildman–Crippen MR) is 74.1 cm³/mol. The van der Waals surface area contributed by atoms with E-state index in [0.29, 0.717) is 0 Å². The van der Waals surface area contributed by atoms with Crippen LogP contribution in [0.4, 0.5) is 5.82 Å². The van der Waals surface area contributed by atoms with Gasteiger partial charge in [-0.05, 0) is 37.1 Å². The van der Waals surface area contributed by atoms with Gasteiger partial charge in [-0.2, -0.15) is 0 Å². The minimum absolute atomic E-state index is 0.274. The van der Waals surface area contributed by atoms with Crippen LogP contribution >= 0.6 is 11.3 Å². The summed E-state index contributed by atoms with van der Waals surface area (Å²) in [6.45, 7) is 0. The molecule has 1 fully saturated rings. The average Bonchev–Trinajstić information content (AvgIpc) is 3.06. The first-order valence-corrected chi connectivity index (χ1v) is 7.16. The van der Waals surface area contributed by atoms with Crippen molar-refractivity contribution in [2.45, 2.75) is 31.3 Å². The van der Waals surface area contributed by atoms with Gasteiger partial charge in [-0.15, -0.1) is 11.3 Å². The van der Waals surface area contributed by atoms with E-state index in [4.69, 9.17) is 9.72 Å². The Labute approximate surface area is 110 Å². The fraction of sp³-hybridized carbons (Fsp3) is 0.538. The van der Waals surface area contributed by atoms with Crippen molar-refractivity contribution in [3.05, 3.63) is 17.3 Å². The zero-order valence-corrected chi connectivity index (χ0v) is 11.5. The molecule has 2 aromatic rings. The van der Waals surface area contributed by atoms with Gasteiger partial charge in [0.05, 0.1) is 5.39 Å². The van der Waals surface area contributed by atoms with Gasteiger partial charge in [-0.1, -0.05) is 0 Å². The third-order valence-electron chi connectivity index (χ3n) is 3.77. The molecule has 2 aromatic heterocycles. The Kier molecular flexibility index (Phi) is 2.95. The van der Waals surface area contributed by atoms with Crippen molar-refractivity contribution < 1.29 is 4.74 Å². The summed E-state index contributed by atoms with van der Waals surface area (Å²) in [7, 11) is 3.67. The SMILES string of the molecule is CNc1nc(C2(OC)CCCC2)nc2sccc12. The normalized spacial score (nSPS) is 18.3. The number of fused-ring (bicyclic) bond motifs is 1. The number of nitrogens with one attached hydrogen (secondary N) is 1. The summed E-state index contributed by atoms with van der Waals surface area (Å²) in [4.78, 5) is 10.4. The Morgan fingerprint density at radius 1 is 1.33 bits per heavy atom. The van der Waals surface area contributed by atoms with E-state index < -0.39 is 0 Å². The van der Waals surface area contributed by atoms with Crippen LogP contribution in [-0.4, -0.2) is 24.1 Å². The highest BCUT2D eigenvalue weighted by Gasteiger charge is 2.39. The largest absolute Gasteiger partial charge is 0.372 e. The molecule has 2 heterocycles. The number of anilines is 1. The van der Waals surface area contributed by atoms with Crippen LogP contribution in [0.25, 0.3) is 10.2 Å². The summed E-state index contributed by atoms with van der Waals surface area (Å²) in [5, 5.41) is 6.31. The van der Waals surface area contributed by atoms with Crippen LogP contribution in [0.3, 0.4) is 0 Å². The van der Waals surface area contributed by atoms with Crippen LogP contribution in [0.1, 0.15) is 31.5 Å². The molecule has 1 saturated carbocycles. The van der Waals surface area contributed by atoms with Gasteiger partial charge < -0.3 is 10.1 Å². The van der Waals surface area contributed by atoms with E-state index in [1.165, 1.54) is 12.8 Å². The van der Waals surface area contributed by atoms with Gasteiger partial charge in [0.1, 0.15) is 16.2 Å². The van der Waals surface area contributed by atoms with Gasteiger partial charge in [0.15, 0.2) is 5.82 Å². The molecule has 3 rings (SSSR count). The highest BCUT2D eigenvalue weighted by atomic mass is 32.1. The summed E-state index contributed by atoms with van der Waals surface area (Å²) in [5.74, 6) is 1.74. The molecule has 0 amide bonds. The Bertz CT molecular complexity index is 560. The van der Waals surface area contributed by atoms with Gasteiger partial charge in [0, 0.05) is 14.2 Å². The Balaban J connectivity index is 2.16. The minimum atomic E-state index is -0.274. The van der Waals surface area contributed by atoms with E-state index in [2.05, 4.69) is 21.7 Å². The van der Waals surface area contributed by atoms with Gasteiger partial charge >= 0.3 is 0 Å². The second-order valence-electron chi connectivity index (χ2n) is 4.69. The molecule has 0 aromatic carbocycles. The smallest absolute Gasteiger partial charge is 0.164 e. The van der Waals surface area contributed by atoms with Gasteiger partial charge in [0.25, 0.3) is 0 Å². The number of hydrogen-bond donors (Lipinski definition) is 1. The maximum Gasteiger partial charge on any atom is 0.164 e. The third kappa shape index (κ3) is 1.69. The van der Waals surface area contributed by atoms with E-state index in [1.54, 1.807) is 18.4 Å². The molecule has 0 atom stereocenters. The number of aromatic nitrogens is 2. The van der Waals surface area contributed by atoms with Crippen molar-refractivity contribution in [3.8, 4) is 0 Å². The zero-order valence-electron chi connectivity index (χ0n) is 10.7. The topological polar surface area (TPSA) is 47.0 Å². The van der Waals surface area contributed by atoms with Gasteiger partial charge in [0.2, 0.25) is 0 Å². The fourth-order valence-electron chi connectivity index (χ4n) is 2.71. The number of thiophene rings is 1. The lowest BCUT2D eigenvalue weighted by Gasteiger charge is -2.26. The average molecular weight is 263 g/mol. The molecule has 0 spiro atoms. The Morgan fingerprint density at radius 2 is 2.11 bits per heavy atom. The summed E-state index contributed by atoms with van der Waals surface area (Å²) in [5.41, 5.74) is -0.274. The number of nitrogens with zero attached hydrogens (tertiary/aromatic N) is 2. The highest BCUT2D eigenvalue weighted by Crippen LogP contribution is 2.41. The minimum Gasteiger partial charge on any atom is -0.372 e. The molecule has 18 heavy (non-hydrogen) atoms. The van der Waals surface area contributed by atoms with E-state index in [-0.39, 0.29) is 5.60 Å². The molecule has 0 unspecified atom stereocenters. The van der Waals surface area contributed by atoms with Crippen LogP contribution in [-0.2, 0) is 10.3 Å². The van der Waals surface area contributed by atoms with Crippen molar-refractivity contribution >= 4 is 27.4 Å². The molecule has 4 nitrogen and oxygen atoms in total. The van der Waals surface area contributed by atoms with Gasteiger partial charge in [-0.3, -0.25) is 0 Å². The lowest BCUT2D eigenvalue weighted by atomic mass is 10.0. The second kappa shape index (κ2) is 4.48. The van der Waals surface area contributed by atoms with Crippen molar-refractivity contribution in [1.29, 1.82) is 0 Å². The molecule has 0 radical (unpaired) electrons. The molecule has 1 aliphatic rings. The van der Waals surface area contributed by atoms with Crippen molar-refractivity contribution in [1.82, 2.24) is 9.97 Å². The van der Waals surface area contributed by atoms with E-state index in [1.807, 2.05) is 7.05 Å². The first-order valence-electron chi connectivity index (χ1n) is 6.28. The molecule has 0 saturated heterocycles. The molecule has 0 bridgehead atoms. The Hall–Kier alpha value is -1.20. The first-order chi connectivity index (χ1) is 8.79. The molecular formula is C13H17N3OS. The van der Waals surface area contributed by atoms with Gasteiger partial charge in [-0.25, -0.2) is 9.97 Å². The third-order valence-corrected chi connectivity index (χ3v) is 4.58. The number of hydrogen-bond acceptors (Lipinski definition) is 5. The van der Waals surface area contributed by atoms with Crippen molar-refractivity contribution in [2.75, 3.05) is 19.5 Å². The lowest BCUT2D eigenvalue weighted by Crippen LogP contribution is -2.27. The quantitative estimate of drug-likeness (QED) is 0.924. The molecular weight excluding hydrogens is 246 g/mol. The van der Waals surface area contributed by atoms with Crippen LogP contribution in [0, 0.1) is 0 Å². The molecule has 0 aliphatic heterocycles. The summed E-state index contributed by atoms with van der Waals surface area (Å²) >= 11 is 1.65. The molecule has 1 N–H and O–H groups in total. The summed E-state index contributed by atoms with van der Waals surface area (Å²) < 4.78 is 5.76. The monoisotopic (exact) mass is 263 g/mol. The number of ether oxygens (including phenoxy) is 1. The summed E-state index contributed by atoms with van der Waals surface area (Å²) in [6.07, 6.45) is 4.41. The fourth-order valence-corrected chi connectivity index (χ4v) is 3.48. The standard InChI is InChI=1S/C13H17N3OS/c1-14-10-9-5-8-18-11(9)16-12(15-10)13(17-2)6-3-4-7-13/h5,8H,3-4,6-7H2,1-2H3,(H,14,15,16). The molecule has 1 aliphatic carbocycles. The van der Waals surface area contributed by atoms with Crippen LogP contribution in [0.2, 0.25) is 0 Å². The van der Waals surface area contributed by atoms with E-state index in [0.717, 1.165) is 34.7 Å². The molecule has 5 heteroatoms. The van der Waals surface area contributed by atoms with Crippen molar-refractivity contribution in [2.24, 2.45) is 0 Å². The van der Waals surface area contributed by atoms with Crippen LogP contribution in [0.15, 0.2) is 11.4 Å². The Morgan fingerprint density at radius 3 is 2.78 bits per heavy atom. The van der Waals surface area contributed by atoms with Crippen LogP contribution in [0.5, 0.6) is 0 Å². The molecule has 96 valence electrons.